The molecule has 3 rings (SSSR count). The van der Waals surface area contributed by atoms with Gasteiger partial charge in [-0.3, -0.25) is 4.68 Å². The summed E-state index contributed by atoms with van der Waals surface area (Å²) in [5.74, 6) is -0.401. The van der Waals surface area contributed by atoms with Gasteiger partial charge in [0.2, 0.25) is 0 Å². The van der Waals surface area contributed by atoms with Crippen molar-refractivity contribution in [3.05, 3.63) is 23.0 Å². The zero-order chi connectivity index (χ0) is 17.1. The molecule has 8 heteroatoms. The fourth-order valence-electron chi connectivity index (χ4n) is 2.94. The molecule has 24 heavy (non-hydrogen) atoms. The number of hydrogen-bond donors (Lipinski definition) is 1. The summed E-state index contributed by atoms with van der Waals surface area (Å²) in [5, 5.41) is 14.6. The number of esters is 1. The van der Waals surface area contributed by atoms with Crippen LogP contribution in [0.3, 0.4) is 0 Å². The Labute approximate surface area is 144 Å². The highest BCUT2D eigenvalue weighted by Crippen LogP contribution is 2.33. The number of fused-ring (bicyclic) bond motifs is 3. The third-order valence-electron chi connectivity index (χ3n) is 3.95. The molecule has 0 atom stereocenters. The first-order valence-corrected chi connectivity index (χ1v) is 9.20. The van der Waals surface area contributed by atoms with E-state index < -0.39 is 5.97 Å². The van der Waals surface area contributed by atoms with Crippen LogP contribution < -0.4 is 0 Å². The minimum atomic E-state index is -0.401. The summed E-state index contributed by atoms with van der Waals surface area (Å²) in [5.41, 5.74) is 3.81. The van der Waals surface area contributed by atoms with Crippen LogP contribution in [-0.2, 0) is 24.1 Å². The average molecular weight is 348 g/mol. The molecule has 0 aromatic carbocycles. The fraction of sp³-hybridized carbons (Fsp3) is 0.500. The quantitative estimate of drug-likeness (QED) is 0.500. The molecule has 128 valence electrons. The standard InChI is InChI=1S/C16H20N4O3S/c1-3-23-15(22)14-11-6-4-5-10-9-17-16(24-2)18-12(10)13(11)19-20(14)7-8-21/h9,21H,3-8H2,1-2H3. The fourth-order valence-corrected chi connectivity index (χ4v) is 3.28. The third-order valence-corrected chi connectivity index (χ3v) is 4.52. The largest absolute Gasteiger partial charge is 0.461 e. The number of carbonyl (C=O) groups is 1. The van der Waals surface area contributed by atoms with Gasteiger partial charge in [-0.15, -0.1) is 0 Å². The van der Waals surface area contributed by atoms with Crippen LogP contribution in [0, 0.1) is 0 Å². The van der Waals surface area contributed by atoms with Gasteiger partial charge in [0, 0.05) is 11.8 Å². The number of aliphatic hydroxyl groups is 1. The molecule has 0 amide bonds. The van der Waals surface area contributed by atoms with E-state index in [-0.39, 0.29) is 13.2 Å². The van der Waals surface area contributed by atoms with E-state index in [2.05, 4.69) is 15.1 Å². The second kappa shape index (κ2) is 7.31. The number of aliphatic hydroxyl groups excluding tert-OH is 1. The number of hydrogen-bond acceptors (Lipinski definition) is 7. The first-order valence-electron chi connectivity index (χ1n) is 7.97. The second-order valence-electron chi connectivity index (χ2n) is 5.43. The van der Waals surface area contributed by atoms with Crippen LogP contribution in [0.1, 0.15) is 35.0 Å². The van der Waals surface area contributed by atoms with E-state index in [9.17, 15) is 9.90 Å². The topological polar surface area (TPSA) is 90.1 Å². The number of aromatic nitrogens is 4. The normalized spacial score (nSPS) is 13.1. The molecule has 0 fully saturated rings. The Morgan fingerprint density at radius 2 is 2.25 bits per heavy atom. The summed E-state index contributed by atoms with van der Waals surface area (Å²) in [4.78, 5) is 21.4. The lowest BCUT2D eigenvalue weighted by molar-refractivity contribution is 0.0509. The highest BCUT2D eigenvalue weighted by Gasteiger charge is 2.29. The minimum Gasteiger partial charge on any atom is -0.461 e. The van der Waals surface area contributed by atoms with Gasteiger partial charge in [-0.25, -0.2) is 14.8 Å². The van der Waals surface area contributed by atoms with Gasteiger partial charge in [0.05, 0.1) is 25.5 Å². The van der Waals surface area contributed by atoms with Crippen molar-refractivity contribution < 1.29 is 14.6 Å². The van der Waals surface area contributed by atoms with Crippen LogP contribution >= 0.6 is 11.8 Å². The smallest absolute Gasteiger partial charge is 0.356 e. The molecule has 2 aromatic heterocycles. The lowest BCUT2D eigenvalue weighted by Crippen LogP contribution is -2.16. The molecule has 0 unspecified atom stereocenters. The molecule has 0 spiro atoms. The molecule has 1 N–H and O–H groups in total. The maximum absolute atomic E-state index is 12.4. The van der Waals surface area contributed by atoms with Crippen molar-refractivity contribution in [1.29, 1.82) is 0 Å². The van der Waals surface area contributed by atoms with Crippen LogP contribution in [0.5, 0.6) is 0 Å². The van der Waals surface area contributed by atoms with E-state index in [1.165, 1.54) is 11.8 Å². The summed E-state index contributed by atoms with van der Waals surface area (Å²) < 4.78 is 6.74. The maximum Gasteiger partial charge on any atom is 0.356 e. The number of nitrogens with zero attached hydrogens (tertiary/aromatic N) is 4. The van der Waals surface area contributed by atoms with Gasteiger partial charge < -0.3 is 9.84 Å². The number of rotatable bonds is 5. The van der Waals surface area contributed by atoms with E-state index in [0.29, 0.717) is 23.2 Å². The van der Waals surface area contributed by atoms with Crippen molar-refractivity contribution in [3.63, 3.8) is 0 Å². The van der Waals surface area contributed by atoms with Crippen LogP contribution in [0.4, 0.5) is 0 Å². The molecule has 1 aliphatic rings. The Balaban J connectivity index is 2.18. The van der Waals surface area contributed by atoms with E-state index in [1.54, 1.807) is 11.6 Å². The van der Waals surface area contributed by atoms with Gasteiger partial charge in [0.15, 0.2) is 5.16 Å². The molecule has 7 nitrogen and oxygen atoms in total. The average Bonchev–Trinajstić information content (AvgIpc) is 2.84. The van der Waals surface area contributed by atoms with Gasteiger partial charge in [0.25, 0.3) is 0 Å². The highest BCUT2D eigenvalue weighted by atomic mass is 32.2. The number of aryl methyl sites for hydroxylation is 1. The molecule has 0 saturated carbocycles. The lowest BCUT2D eigenvalue weighted by Gasteiger charge is -2.07. The van der Waals surface area contributed by atoms with E-state index in [4.69, 9.17) is 4.74 Å². The molecule has 0 radical (unpaired) electrons. The Morgan fingerprint density at radius 3 is 2.96 bits per heavy atom. The van der Waals surface area contributed by atoms with Crippen molar-refractivity contribution in [2.24, 2.45) is 0 Å². The predicted octanol–water partition coefficient (Wildman–Crippen LogP) is 1.72. The van der Waals surface area contributed by atoms with Gasteiger partial charge in [-0.2, -0.15) is 5.10 Å². The van der Waals surface area contributed by atoms with Gasteiger partial charge in [0.1, 0.15) is 11.4 Å². The Morgan fingerprint density at radius 1 is 1.42 bits per heavy atom. The van der Waals surface area contributed by atoms with Gasteiger partial charge >= 0.3 is 5.97 Å². The lowest BCUT2D eigenvalue weighted by atomic mass is 10.1. The van der Waals surface area contributed by atoms with Crippen molar-refractivity contribution >= 4 is 17.7 Å². The third kappa shape index (κ3) is 3.03. The van der Waals surface area contributed by atoms with Crippen LogP contribution in [0.15, 0.2) is 11.4 Å². The Kier molecular flexibility index (Phi) is 5.15. The summed E-state index contributed by atoms with van der Waals surface area (Å²) in [6.07, 6.45) is 6.23. The highest BCUT2D eigenvalue weighted by molar-refractivity contribution is 7.98. The number of thioether (sulfide) groups is 1. The molecule has 2 aromatic rings. The molecule has 0 bridgehead atoms. The summed E-state index contributed by atoms with van der Waals surface area (Å²) in [6.45, 7) is 2.22. The summed E-state index contributed by atoms with van der Waals surface area (Å²) in [7, 11) is 0. The molecular weight excluding hydrogens is 328 g/mol. The first-order chi connectivity index (χ1) is 11.7. The maximum atomic E-state index is 12.4. The van der Waals surface area contributed by atoms with Crippen LogP contribution in [0.25, 0.3) is 11.4 Å². The van der Waals surface area contributed by atoms with E-state index >= 15 is 0 Å². The van der Waals surface area contributed by atoms with Crippen LogP contribution in [-0.4, -0.2) is 50.3 Å². The van der Waals surface area contributed by atoms with Crippen molar-refractivity contribution in [2.45, 2.75) is 37.9 Å². The minimum absolute atomic E-state index is 0.0976. The van der Waals surface area contributed by atoms with Gasteiger partial charge in [-0.05, 0) is 38.0 Å². The predicted molar refractivity (Wildman–Crippen MR) is 90.1 cm³/mol. The molecule has 2 heterocycles. The molecular formula is C16H20N4O3S. The Bertz CT molecular complexity index is 760. The molecule has 0 saturated heterocycles. The van der Waals surface area contributed by atoms with E-state index in [1.807, 2.05) is 12.5 Å². The summed E-state index contributed by atoms with van der Waals surface area (Å²) in [6, 6.07) is 0. The number of carbonyl (C=O) groups excluding carboxylic acids is 1. The van der Waals surface area contributed by atoms with Crippen molar-refractivity contribution in [3.8, 4) is 11.4 Å². The molecule has 0 aliphatic heterocycles. The Hall–Kier alpha value is -1.93. The summed E-state index contributed by atoms with van der Waals surface area (Å²) >= 11 is 1.47. The second-order valence-corrected chi connectivity index (χ2v) is 6.20. The monoisotopic (exact) mass is 348 g/mol. The van der Waals surface area contributed by atoms with Crippen molar-refractivity contribution in [1.82, 2.24) is 19.7 Å². The zero-order valence-electron chi connectivity index (χ0n) is 13.8. The number of ether oxygens (including phenoxy) is 1. The SMILES string of the molecule is CCOC(=O)c1c2c(nn1CCO)-c1nc(SC)ncc1CCC2. The van der Waals surface area contributed by atoms with Crippen molar-refractivity contribution in [2.75, 3.05) is 19.5 Å². The first kappa shape index (κ1) is 16.9. The van der Waals surface area contributed by atoms with E-state index in [0.717, 1.165) is 36.1 Å². The van der Waals surface area contributed by atoms with Crippen LogP contribution in [0.2, 0.25) is 0 Å². The molecule has 1 aliphatic carbocycles. The van der Waals surface area contributed by atoms with Gasteiger partial charge in [-0.1, -0.05) is 11.8 Å². The zero-order valence-corrected chi connectivity index (χ0v) is 14.6.